The molecule has 196 valence electrons. The Balaban J connectivity index is 1.24. The Morgan fingerprint density at radius 2 is 1.89 bits per heavy atom. The zero-order valence-corrected chi connectivity index (χ0v) is 21.7. The van der Waals surface area contributed by atoms with E-state index >= 15 is 0 Å². The van der Waals surface area contributed by atoms with Crippen molar-refractivity contribution < 1.29 is 9.53 Å². The van der Waals surface area contributed by atoms with Gasteiger partial charge in [-0.15, -0.1) is 0 Å². The number of aromatic nitrogens is 7. The summed E-state index contributed by atoms with van der Waals surface area (Å²) in [7, 11) is 3.81. The lowest BCUT2D eigenvalue weighted by molar-refractivity contribution is 0.0383. The smallest absolute Gasteiger partial charge is 0.252 e. The summed E-state index contributed by atoms with van der Waals surface area (Å²) in [5.74, 6) is 0.496. The SMILES string of the molecule is Cc1ncc(C(=O)NCCN2CCOCC2)cc1Nc1nn(C)c2c1cnn1cc(-c3cnn(C)c3)cc21. The summed E-state index contributed by atoms with van der Waals surface area (Å²) in [6.07, 6.45) is 9.21. The Kier molecular flexibility index (Phi) is 6.26. The second-order valence-corrected chi connectivity index (χ2v) is 9.53. The molecule has 1 fully saturated rings. The minimum absolute atomic E-state index is 0.154. The molecule has 0 atom stereocenters. The van der Waals surface area contributed by atoms with Crippen LogP contribution in [-0.2, 0) is 18.8 Å². The fraction of sp³-hybridized carbons (Fsp3) is 0.346. The number of morpholine rings is 1. The molecule has 0 aliphatic carbocycles. The summed E-state index contributed by atoms with van der Waals surface area (Å²) in [4.78, 5) is 19.6. The molecule has 0 radical (unpaired) electrons. The average molecular weight is 515 g/mol. The minimum atomic E-state index is -0.154. The first-order chi connectivity index (χ1) is 18.5. The highest BCUT2D eigenvalue weighted by Gasteiger charge is 2.17. The van der Waals surface area contributed by atoms with Crippen LogP contribution in [0.4, 0.5) is 11.5 Å². The van der Waals surface area contributed by atoms with Crippen molar-refractivity contribution in [2.24, 2.45) is 14.1 Å². The molecule has 0 unspecified atom stereocenters. The molecule has 0 saturated carbocycles. The van der Waals surface area contributed by atoms with E-state index < -0.39 is 0 Å². The molecule has 6 rings (SSSR count). The molecule has 12 heteroatoms. The predicted molar refractivity (Wildman–Crippen MR) is 144 cm³/mol. The van der Waals surface area contributed by atoms with Crippen molar-refractivity contribution >= 4 is 33.8 Å². The number of hydrogen-bond acceptors (Lipinski definition) is 8. The molecule has 1 amide bonds. The van der Waals surface area contributed by atoms with Gasteiger partial charge in [-0.25, -0.2) is 4.52 Å². The van der Waals surface area contributed by atoms with Crippen LogP contribution in [0.15, 0.2) is 43.1 Å². The average Bonchev–Trinajstić information content (AvgIpc) is 3.62. The number of ether oxygens (including phenoxy) is 1. The van der Waals surface area contributed by atoms with Crippen LogP contribution in [0.2, 0.25) is 0 Å². The normalized spacial score (nSPS) is 14.4. The fourth-order valence-corrected chi connectivity index (χ4v) is 4.80. The molecule has 2 N–H and O–H groups in total. The molecular weight excluding hydrogens is 484 g/mol. The van der Waals surface area contributed by atoms with Crippen LogP contribution < -0.4 is 10.6 Å². The van der Waals surface area contributed by atoms with E-state index in [0.29, 0.717) is 17.9 Å². The second-order valence-electron chi connectivity index (χ2n) is 9.53. The van der Waals surface area contributed by atoms with E-state index in [4.69, 9.17) is 9.84 Å². The van der Waals surface area contributed by atoms with Crippen molar-refractivity contribution in [2.75, 3.05) is 44.7 Å². The van der Waals surface area contributed by atoms with Crippen LogP contribution >= 0.6 is 0 Å². The Morgan fingerprint density at radius 3 is 2.68 bits per heavy atom. The van der Waals surface area contributed by atoms with E-state index in [0.717, 1.165) is 71.8 Å². The number of fused-ring (bicyclic) bond motifs is 3. The summed E-state index contributed by atoms with van der Waals surface area (Å²) < 4.78 is 10.9. The first-order valence-electron chi connectivity index (χ1n) is 12.6. The third kappa shape index (κ3) is 4.59. The van der Waals surface area contributed by atoms with E-state index in [1.807, 2.05) is 54.9 Å². The predicted octanol–water partition coefficient (Wildman–Crippen LogP) is 2.13. The summed E-state index contributed by atoms with van der Waals surface area (Å²) in [6, 6.07) is 3.91. The van der Waals surface area contributed by atoms with Crippen molar-refractivity contribution in [2.45, 2.75) is 6.92 Å². The summed E-state index contributed by atoms with van der Waals surface area (Å²) in [5.41, 5.74) is 5.91. The molecule has 0 spiro atoms. The van der Waals surface area contributed by atoms with Crippen molar-refractivity contribution in [3.63, 3.8) is 0 Å². The van der Waals surface area contributed by atoms with Crippen LogP contribution in [0.3, 0.4) is 0 Å². The van der Waals surface area contributed by atoms with Crippen LogP contribution in [-0.4, -0.2) is 84.4 Å². The Bertz CT molecular complexity index is 1630. The molecule has 0 aromatic carbocycles. The molecule has 0 bridgehead atoms. The number of nitrogens with one attached hydrogen (secondary N) is 2. The maximum absolute atomic E-state index is 12.8. The largest absolute Gasteiger partial charge is 0.379 e. The van der Waals surface area contributed by atoms with Crippen molar-refractivity contribution in [1.82, 2.24) is 44.4 Å². The third-order valence-electron chi connectivity index (χ3n) is 6.90. The van der Waals surface area contributed by atoms with Crippen LogP contribution in [0, 0.1) is 6.92 Å². The standard InChI is InChI=1S/C26H30N10O2/c1-17-22(10-18(12-28-17)26(37)27-4-5-35-6-8-38-9-7-35)31-25-21-14-30-36-16-19(20-13-29-33(2)15-20)11-23(36)24(21)34(3)32-25/h10-16H,4-9H2,1-3H3,(H,27,37)(H,31,32). The number of pyridine rings is 1. The molecule has 5 aromatic rings. The van der Waals surface area contributed by atoms with Gasteiger partial charge < -0.3 is 15.4 Å². The number of carbonyl (C=O) groups excluding carboxylic acids is 1. The molecule has 38 heavy (non-hydrogen) atoms. The highest BCUT2D eigenvalue weighted by atomic mass is 16.5. The van der Waals surface area contributed by atoms with Crippen LogP contribution in [0.25, 0.3) is 27.5 Å². The van der Waals surface area contributed by atoms with Gasteiger partial charge in [-0.3, -0.25) is 24.0 Å². The minimum Gasteiger partial charge on any atom is -0.379 e. The maximum Gasteiger partial charge on any atom is 0.252 e. The summed E-state index contributed by atoms with van der Waals surface area (Å²) in [6.45, 7) is 6.53. The van der Waals surface area contributed by atoms with Gasteiger partial charge in [0.25, 0.3) is 5.91 Å². The Morgan fingerprint density at radius 1 is 1.05 bits per heavy atom. The van der Waals surface area contributed by atoms with Crippen LogP contribution in [0.1, 0.15) is 16.1 Å². The highest BCUT2D eigenvalue weighted by Crippen LogP contribution is 2.31. The van der Waals surface area contributed by atoms with Crippen LogP contribution in [0.5, 0.6) is 0 Å². The Hall–Kier alpha value is -4.29. The highest BCUT2D eigenvalue weighted by molar-refractivity contribution is 6.01. The maximum atomic E-state index is 12.8. The first-order valence-corrected chi connectivity index (χ1v) is 12.6. The van der Waals surface area contributed by atoms with Gasteiger partial charge in [0.2, 0.25) is 0 Å². The van der Waals surface area contributed by atoms with Gasteiger partial charge in [0, 0.05) is 70.0 Å². The van der Waals surface area contributed by atoms with Gasteiger partial charge in [0.15, 0.2) is 5.82 Å². The van der Waals surface area contributed by atoms with E-state index in [2.05, 4.69) is 36.8 Å². The van der Waals surface area contributed by atoms with Crippen molar-refractivity contribution in [1.29, 1.82) is 0 Å². The number of amides is 1. The molecule has 6 heterocycles. The van der Waals surface area contributed by atoms with E-state index in [9.17, 15) is 4.79 Å². The number of carbonyl (C=O) groups is 1. The number of aryl methyl sites for hydroxylation is 3. The van der Waals surface area contributed by atoms with Gasteiger partial charge >= 0.3 is 0 Å². The third-order valence-corrected chi connectivity index (χ3v) is 6.90. The number of nitrogens with zero attached hydrogens (tertiary/aromatic N) is 8. The Labute approximate surface area is 219 Å². The lowest BCUT2D eigenvalue weighted by Gasteiger charge is -2.26. The monoisotopic (exact) mass is 514 g/mol. The van der Waals surface area contributed by atoms with E-state index in [-0.39, 0.29) is 5.91 Å². The lowest BCUT2D eigenvalue weighted by atomic mass is 10.2. The topological polar surface area (TPSA) is 119 Å². The van der Waals surface area contributed by atoms with Gasteiger partial charge in [-0.1, -0.05) is 0 Å². The molecule has 1 aliphatic rings. The first kappa shape index (κ1) is 24.1. The second kappa shape index (κ2) is 9.88. The zero-order valence-electron chi connectivity index (χ0n) is 21.7. The number of anilines is 2. The zero-order chi connectivity index (χ0) is 26.2. The van der Waals surface area contributed by atoms with E-state index in [1.54, 1.807) is 17.1 Å². The summed E-state index contributed by atoms with van der Waals surface area (Å²) in [5, 5.41) is 20.9. The van der Waals surface area contributed by atoms with Gasteiger partial charge in [-0.2, -0.15) is 15.3 Å². The molecular formula is C26H30N10O2. The number of rotatable bonds is 7. The molecule has 12 nitrogen and oxygen atoms in total. The van der Waals surface area contributed by atoms with E-state index in [1.165, 1.54) is 0 Å². The number of hydrogen-bond donors (Lipinski definition) is 2. The van der Waals surface area contributed by atoms with Crippen molar-refractivity contribution in [3.8, 4) is 11.1 Å². The van der Waals surface area contributed by atoms with Gasteiger partial charge in [-0.05, 0) is 19.1 Å². The molecule has 1 saturated heterocycles. The molecule has 1 aliphatic heterocycles. The van der Waals surface area contributed by atoms with Gasteiger partial charge in [0.05, 0.1) is 59.0 Å². The van der Waals surface area contributed by atoms with Gasteiger partial charge in [0.1, 0.15) is 0 Å². The van der Waals surface area contributed by atoms with Crippen molar-refractivity contribution in [3.05, 3.63) is 54.4 Å². The molecule has 5 aromatic heterocycles. The lowest BCUT2D eigenvalue weighted by Crippen LogP contribution is -2.41. The summed E-state index contributed by atoms with van der Waals surface area (Å²) >= 11 is 0. The quantitative estimate of drug-likeness (QED) is 0.339. The fourth-order valence-electron chi connectivity index (χ4n) is 4.80.